The molecule has 0 aromatic heterocycles. The zero-order valence-electron chi connectivity index (χ0n) is 8.95. The van der Waals surface area contributed by atoms with E-state index >= 15 is 0 Å². The molecule has 2 bridgehead atoms. The molecule has 3 heteroatoms. The van der Waals surface area contributed by atoms with E-state index in [4.69, 9.17) is 4.52 Å². The van der Waals surface area contributed by atoms with Gasteiger partial charge < -0.3 is 0 Å². The Labute approximate surface area is 87.3 Å². The molecule has 2 aliphatic carbocycles. The Hall–Kier alpha value is 0.0600. The van der Waals surface area contributed by atoms with Gasteiger partial charge in [0.25, 0.3) is 0 Å². The third kappa shape index (κ3) is 2.17. The summed E-state index contributed by atoms with van der Waals surface area (Å²) in [6.45, 7) is 2.83. The molecule has 0 radical (unpaired) electrons. The maximum absolute atomic E-state index is 11.8. The van der Waals surface area contributed by atoms with Crippen molar-refractivity contribution < 1.29 is 9.09 Å². The van der Waals surface area contributed by atoms with E-state index in [0.717, 1.165) is 24.7 Å². The third-order valence-electron chi connectivity index (χ3n) is 3.69. The number of rotatable bonds is 5. The predicted octanol–water partition coefficient (Wildman–Crippen LogP) is 3.73. The predicted molar refractivity (Wildman–Crippen MR) is 57.7 cm³/mol. The van der Waals surface area contributed by atoms with Crippen LogP contribution >= 0.6 is 8.03 Å². The molecule has 0 aliphatic heterocycles. The van der Waals surface area contributed by atoms with Crippen molar-refractivity contribution in [3.05, 3.63) is 0 Å². The molecule has 14 heavy (non-hydrogen) atoms. The molecular formula is C11H20O2P+. The summed E-state index contributed by atoms with van der Waals surface area (Å²) < 4.78 is 17.3. The molecule has 0 saturated heterocycles. The maximum Gasteiger partial charge on any atom is 0.511 e. The van der Waals surface area contributed by atoms with Gasteiger partial charge in [0.2, 0.25) is 0 Å². The van der Waals surface area contributed by atoms with Gasteiger partial charge in [0.15, 0.2) is 5.66 Å². The van der Waals surface area contributed by atoms with Crippen molar-refractivity contribution in [2.24, 2.45) is 11.8 Å². The van der Waals surface area contributed by atoms with Gasteiger partial charge in [0.05, 0.1) is 0 Å². The zero-order chi connectivity index (χ0) is 9.97. The molecule has 0 N–H and O–H groups in total. The van der Waals surface area contributed by atoms with Crippen molar-refractivity contribution in [1.82, 2.24) is 0 Å². The van der Waals surface area contributed by atoms with E-state index in [2.05, 4.69) is 6.92 Å². The average molecular weight is 215 g/mol. The van der Waals surface area contributed by atoms with Gasteiger partial charge in [0.1, 0.15) is 6.61 Å². The van der Waals surface area contributed by atoms with Gasteiger partial charge >= 0.3 is 8.03 Å². The quantitative estimate of drug-likeness (QED) is 0.516. The van der Waals surface area contributed by atoms with Crippen LogP contribution in [0.1, 0.15) is 45.4 Å². The van der Waals surface area contributed by atoms with Crippen LogP contribution in [-0.2, 0) is 9.09 Å². The van der Waals surface area contributed by atoms with Gasteiger partial charge in [-0.2, -0.15) is 0 Å². The molecule has 0 amide bonds. The minimum absolute atomic E-state index is 0.403. The summed E-state index contributed by atoms with van der Waals surface area (Å²) in [5.74, 6) is 1.60. The number of hydrogen-bond acceptors (Lipinski definition) is 2. The lowest BCUT2D eigenvalue weighted by Crippen LogP contribution is -2.13. The molecule has 2 aliphatic rings. The molecule has 4 atom stereocenters. The summed E-state index contributed by atoms with van der Waals surface area (Å²) in [5, 5.41) is 0. The number of unbranched alkanes of at least 4 members (excludes halogenated alkanes) is 1. The largest absolute Gasteiger partial charge is 0.511 e. The summed E-state index contributed by atoms with van der Waals surface area (Å²) in [5.41, 5.74) is 0.403. The van der Waals surface area contributed by atoms with E-state index in [0.29, 0.717) is 12.3 Å². The third-order valence-corrected chi connectivity index (χ3v) is 5.30. The topological polar surface area (TPSA) is 26.3 Å². The Morgan fingerprint density at radius 3 is 2.79 bits per heavy atom. The fourth-order valence-electron chi connectivity index (χ4n) is 2.86. The smallest absolute Gasteiger partial charge is 0.146 e. The molecule has 1 unspecified atom stereocenters. The lowest BCUT2D eigenvalue weighted by atomic mass is 10.0. The van der Waals surface area contributed by atoms with Crippen LogP contribution in [0, 0.1) is 11.8 Å². The number of hydrogen-bond donors (Lipinski definition) is 0. The Bertz CT molecular complexity index is 217. The highest BCUT2D eigenvalue weighted by molar-refractivity contribution is 7.40. The Morgan fingerprint density at radius 1 is 1.36 bits per heavy atom. The zero-order valence-corrected chi connectivity index (χ0v) is 9.84. The van der Waals surface area contributed by atoms with E-state index in [9.17, 15) is 4.57 Å². The van der Waals surface area contributed by atoms with Crippen molar-refractivity contribution in [2.75, 3.05) is 6.61 Å². The van der Waals surface area contributed by atoms with Crippen LogP contribution in [0.2, 0.25) is 0 Å². The Morgan fingerprint density at radius 2 is 2.21 bits per heavy atom. The molecule has 2 fully saturated rings. The molecule has 2 saturated carbocycles. The first-order chi connectivity index (χ1) is 6.81. The average Bonchev–Trinajstić information content (AvgIpc) is 2.79. The molecular weight excluding hydrogens is 195 g/mol. The summed E-state index contributed by atoms with van der Waals surface area (Å²) in [6, 6.07) is 0. The summed E-state index contributed by atoms with van der Waals surface area (Å²) in [4.78, 5) is 0. The van der Waals surface area contributed by atoms with Crippen LogP contribution in [0.5, 0.6) is 0 Å². The van der Waals surface area contributed by atoms with Gasteiger partial charge in [-0.3, -0.25) is 0 Å². The number of fused-ring (bicyclic) bond motifs is 2. The van der Waals surface area contributed by atoms with Crippen LogP contribution in [0.25, 0.3) is 0 Å². The SMILES string of the molecule is CCCCO[P+](=O)[C@H]1C[C@H]2CC[C@H]1C2. The van der Waals surface area contributed by atoms with E-state index in [-0.39, 0.29) is 0 Å². The van der Waals surface area contributed by atoms with Crippen LogP contribution in [0.4, 0.5) is 0 Å². The van der Waals surface area contributed by atoms with Gasteiger partial charge in [-0.25, -0.2) is 0 Å². The second kappa shape index (κ2) is 4.72. The Balaban J connectivity index is 1.75. The van der Waals surface area contributed by atoms with Gasteiger partial charge in [-0.1, -0.05) is 13.3 Å². The second-order valence-corrected chi connectivity index (χ2v) is 6.21. The van der Waals surface area contributed by atoms with E-state index in [1.165, 1.54) is 25.7 Å². The molecule has 0 aromatic rings. The lowest BCUT2D eigenvalue weighted by Gasteiger charge is -2.11. The molecule has 2 rings (SSSR count). The van der Waals surface area contributed by atoms with Crippen LogP contribution in [0.3, 0.4) is 0 Å². The van der Waals surface area contributed by atoms with E-state index < -0.39 is 8.03 Å². The van der Waals surface area contributed by atoms with Crippen molar-refractivity contribution in [3.8, 4) is 0 Å². The summed E-state index contributed by atoms with van der Waals surface area (Å²) in [6.07, 6.45) is 7.34. The minimum atomic E-state index is -1.36. The summed E-state index contributed by atoms with van der Waals surface area (Å²) >= 11 is 0. The normalized spacial score (nSPS) is 36.4. The maximum atomic E-state index is 11.8. The van der Waals surface area contributed by atoms with E-state index in [1.807, 2.05) is 0 Å². The van der Waals surface area contributed by atoms with Crippen molar-refractivity contribution in [2.45, 2.75) is 51.1 Å². The lowest BCUT2D eigenvalue weighted by molar-refractivity contribution is 0.305. The minimum Gasteiger partial charge on any atom is -0.146 e. The molecule has 0 heterocycles. The monoisotopic (exact) mass is 215 g/mol. The fraction of sp³-hybridized carbons (Fsp3) is 1.00. The van der Waals surface area contributed by atoms with Crippen LogP contribution in [0.15, 0.2) is 0 Å². The van der Waals surface area contributed by atoms with Crippen LogP contribution in [-0.4, -0.2) is 12.3 Å². The summed E-state index contributed by atoms with van der Waals surface area (Å²) in [7, 11) is -1.36. The fourth-order valence-corrected chi connectivity index (χ4v) is 4.45. The molecule has 80 valence electrons. The van der Waals surface area contributed by atoms with Crippen molar-refractivity contribution >= 4 is 8.03 Å². The molecule has 0 spiro atoms. The molecule has 0 aromatic carbocycles. The highest BCUT2D eigenvalue weighted by atomic mass is 31.1. The standard InChI is InChI=1S/C11H20O2P/c1-2-3-6-13-14(12)11-8-9-4-5-10(11)7-9/h9-11H,2-8H2,1H3/q+1/t9-,10-,11-/m0/s1. The van der Waals surface area contributed by atoms with Crippen molar-refractivity contribution in [1.29, 1.82) is 0 Å². The van der Waals surface area contributed by atoms with E-state index in [1.54, 1.807) is 0 Å². The first kappa shape index (κ1) is 10.6. The first-order valence-corrected chi connectivity index (χ1v) is 7.15. The first-order valence-electron chi connectivity index (χ1n) is 5.90. The highest BCUT2D eigenvalue weighted by Crippen LogP contribution is 2.54. The second-order valence-electron chi connectivity index (χ2n) is 4.71. The molecule has 2 nitrogen and oxygen atoms in total. The van der Waals surface area contributed by atoms with Gasteiger partial charge in [-0.15, -0.1) is 4.52 Å². The van der Waals surface area contributed by atoms with Crippen LogP contribution < -0.4 is 0 Å². The van der Waals surface area contributed by atoms with Gasteiger partial charge in [0, 0.05) is 12.3 Å². The van der Waals surface area contributed by atoms with Crippen molar-refractivity contribution in [3.63, 3.8) is 0 Å². The van der Waals surface area contributed by atoms with Gasteiger partial charge in [-0.05, 0) is 36.2 Å². The Kier molecular flexibility index (Phi) is 3.57. The highest BCUT2D eigenvalue weighted by Gasteiger charge is 2.50.